The zero-order chi connectivity index (χ0) is 13.1. The fourth-order valence-corrected chi connectivity index (χ4v) is 1.41. The average Bonchev–Trinajstić information content (AvgIpc) is 2.14. The molecule has 0 spiro atoms. The molecule has 1 aromatic rings. The van der Waals surface area contributed by atoms with Crippen LogP contribution in [0.3, 0.4) is 0 Å². The van der Waals surface area contributed by atoms with Gasteiger partial charge in [0.25, 0.3) is 0 Å². The zero-order valence-electron chi connectivity index (χ0n) is 11.2. The number of carbonyl (C=O) groups is 1. The maximum atomic E-state index is 11.8. The molecule has 1 rings (SSSR count). The Hall–Kier alpha value is -1.51. The molecular formula is C14H21NO2. The van der Waals surface area contributed by atoms with E-state index in [0.717, 1.165) is 5.69 Å². The highest BCUT2D eigenvalue weighted by molar-refractivity contribution is 5.90. The summed E-state index contributed by atoms with van der Waals surface area (Å²) in [6.45, 7) is 9.70. The molecule has 3 heteroatoms. The molecule has 0 amide bonds. The lowest BCUT2D eigenvalue weighted by Crippen LogP contribution is -2.24. The van der Waals surface area contributed by atoms with E-state index in [-0.39, 0.29) is 5.97 Å². The van der Waals surface area contributed by atoms with Crippen LogP contribution < -0.4 is 5.32 Å². The molecule has 0 radical (unpaired) electrons. The van der Waals surface area contributed by atoms with Crippen LogP contribution in [0, 0.1) is 0 Å². The van der Waals surface area contributed by atoms with Crippen molar-refractivity contribution in [3.63, 3.8) is 0 Å². The topological polar surface area (TPSA) is 38.3 Å². The van der Waals surface area contributed by atoms with Gasteiger partial charge in [0, 0.05) is 11.7 Å². The lowest BCUT2D eigenvalue weighted by Gasteiger charge is -2.20. The van der Waals surface area contributed by atoms with Crippen molar-refractivity contribution in [3.05, 3.63) is 29.8 Å². The van der Waals surface area contributed by atoms with Gasteiger partial charge in [-0.2, -0.15) is 0 Å². The van der Waals surface area contributed by atoms with Gasteiger partial charge in [0.1, 0.15) is 5.60 Å². The van der Waals surface area contributed by atoms with Crippen molar-refractivity contribution in [2.24, 2.45) is 0 Å². The molecule has 1 aromatic carbocycles. The second kappa shape index (κ2) is 5.21. The van der Waals surface area contributed by atoms with Crippen LogP contribution in [-0.2, 0) is 4.74 Å². The summed E-state index contributed by atoms with van der Waals surface area (Å²) in [5.41, 5.74) is 1.05. The summed E-state index contributed by atoms with van der Waals surface area (Å²) in [4.78, 5) is 11.8. The predicted molar refractivity (Wildman–Crippen MR) is 70.4 cm³/mol. The van der Waals surface area contributed by atoms with Crippen molar-refractivity contribution in [3.8, 4) is 0 Å². The van der Waals surface area contributed by atoms with Gasteiger partial charge in [-0.15, -0.1) is 0 Å². The third-order valence-corrected chi connectivity index (χ3v) is 1.95. The standard InChI is InChI=1S/C14H21NO2/c1-10(2)15-12-8-6-7-11(9-12)13(16)17-14(3,4)5/h6-10,15H,1-5H3. The number of benzene rings is 1. The van der Waals surface area contributed by atoms with E-state index in [9.17, 15) is 4.79 Å². The van der Waals surface area contributed by atoms with Crippen molar-refractivity contribution >= 4 is 11.7 Å². The minimum atomic E-state index is -0.460. The van der Waals surface area contributed by atoms with Crippen molar-refractivity contribution in [1.29, 1.82) is 0 Å². The molecular weight excluding hydrogens is 214 g/mol. The minimum absolute atomic E-state index is 0.287. The first-order chi connectivity index (χ1) is 7.78. The lowest BCUT2D eigenvalue weighted by molar-refractivity contribution is 0.00696. The van der Waals surface area contributed by atoms with Crippen molar-refractivity contribution in [2.75, 3.05) is 5.32 Å². The van der Waals surface area contributed by atoms with Gasteiger partial charge in [-0.3, -0.25) is 0 Å². The first-order valence-corrected chi connectivity index (χ1v) is 5.88. The molecule has 0 saturated carbocycles. The Morgan fingerprint density at radius 1 is 1.29 bits per heavy atom. The normalized spacial score (nSPS) is 11.4. The van der Waals surface area contributed by atoms with E-state index < -0.39 is 5.60 Å². The minimum Gasteiger partial charge on any atom is -0.456 e. The number of hydrogen-bond acceptors (Lipinski definition) is 3. The molecule has 0 bridgehead atoms. The number of hydrogen-bond donors (Lipinski definition) is 1. The van der Waals surface area contributed by atoms with Crippen LogP contribution in [0.2, 0.25) is 0 Å². The van der Waals surface area contributed by atoms with Crippen LogP contribution >= 0.6 is 0 Å². The van der Waals surface area contributed by atoms with E-state index in [1.165, 1.54) is 0 Å². The molecule has 1 N–H and O–H groups in total. The second-order valence-electron chi connectivity index (χ2n) is 5.38. The number of rotatable bonds is 3. The van der Waals surface area contributed by atoms with Crippen LogP contribution in [0.5, 0.6) is 0 Å². The Kier molecular flexibility index (Phi) is 4.16. The van der Waals surface area contributed by atoms with Crippen molar-refractivity contribution in [2.45, 2.75) is 46.3 Å². The first-order valence-electron chi connectivity index (χ1n) is 5.88. The second-order valence-corrected chi connectivity index (χ2v) is 5.38. The van der Waals surface area contributed by atoms with Gasteiger partial charge in [0.2, 0.25) is 0 Å². The van der Waals surface area contributed by atoms with Gasteiger partial charge in [-0.25, -0.2) is 4.79 Å². The summed E-state index contributed by atoms with van der Waals surface area (Å²) in [7, 11) is 0. The molecule has 0 aliphatic rings. The van der Waals surface area contributed by atoms with Crippen LogP contribution in [-0.4, -0.2) is 17.6 Å². The quantitative estimate of drug-likeness (QED) is 0.815. The van der Waals surface area contributed by atoms with E-state index in [2.05, 4.69) is 19.2 Å². The highest BCUT2D eigenvalue weighted by Gasteiger charge is 2.17. The number of carbonyl (C=O) groups excluding carboxylic acids is 1. The largest absolute Gasteiger partial charge is 0.456 e. The summed E-state index contributed by atoms with van der Waals surface area (Å²) in [5.74, 6) is -0.287. The first kappa shape index (κ1) is 13.6. The van der Waals surface area contributed by atoms with Crippen LogP contribution in [0.1, 0.15) is 45.0 Å². The van der Waals surface area contributed by atoms with Crippen molar-refractivity contribution in [1.82, 2.24) is 0 Å². The molecule has 0 unspecified atom stereocenters. The predicted octanol–water partition coefficient (Wildman–Crippen LogP) is 3.46. The fourth-order valence-electron chi connectivity index (χ4n) is 1.41. The average molecular weight is 235 g/mol. The highest BCUT2D eigenvalue weighted by atomic mass is 16.6. The van der Waals surface area contributed by atoms with Crippen LogP contribution in [0.15, 0.2) is 24.3 Å². The van der Waals surface area contributed by atoms with Gasteiger partial charge < -0.3 is 10.1 Å². The number of anilines is 1. The van der Waals surface area contributed by atoms with Gasteiger partial charge in [0.05, 0.1) is 5.56 Å². The molecule has 3 nitrogen and oxygen atoms in total. The summed E-state index contributed by atoms with van der Waals surface area (Å²) < 4.78 is 5.32. The zero-order valence-corrected chi connectivity index (χ0v) is 11.2. The maximum absolute atomic E-state index is 11.8. The third-order valence-electron chi connectivity index (χ3n) is 1.95. The molecule has 0 fully saturated rings. The number of nitrogens with one attached hydrogen (secondary N) is 1. The van der Waals surface area contributed by atoms with Gasteiger partial charge in [-0.1, -0.05) is 6.07 Å². The smallest absolute Gasteiger partial charge is 0.338 e. The molecule has 0 aliphatic heterocycles. The number of esters is 1. The van der Waals surface area contributed by atoms with E-state index in [4.69, 9.17) is 4.74 Å². The maximum Gasteiger partial charge on any atom is 0.338 e. The van der Waals surface area contributed by atoms with E-state index in [1.54, 1.807) is 6.07 Å². The Labute approximate surface area is 103 Å². The molecule has 0 heterocycles. The summed E-state index contributed by atoms with van der Waals surface area (Å²) in [5, 5.41) is 3.26. The molecule has 17 heavy (non-hydrogen) atoms. The van der Waals surface area contributed by atoms with Crippen molar-refractivity contribution < 1.29 is 9.53 Å². The molecule has 0 aliphatic carbocycles. The Morgan fingerprint density at radius 2 is 1.94 bits per heavy atom. The third kappa shape index (κ3) is 4.89. The lowest BCUT2D eigenvalue weighted by atomic mass is 10.1. The Bertz CT molecular complexity index is 391. The van der Waals surface area contributed by atoms with E-state index >= 15 is 0 Å². The molecule has 94 valence electrons. The Morgan fingerprint density at radius 3 is 2.47 bits per heavy atom. The van der Waals surface area contributed by atoms with Gasteiger partial charge in [0.15, 0.2) is 0 Å². The number of ether oxygens (including phenoxy) is 1. The van der Waals surface area contributed by atoms with Gasteiger partial charge in [-0.05, 0) is 52.8 Å². The van der Waals surface area contributed by atoms with E-state index in [1.807, 2.05) is 39.0 Å². The van der Waals surface area contributed by atoms with Crippen LogP contribution in [0.25, 0.3) is 0 Å². The fraction of sp³-hybridized carbons (Fsp3) is 0.500. The highest BCUT2D eigenvalue weighted by Crippen LogP contribution is 2.16. The Balaban J connectivity index is 2.81. The van der Waals surface area contributed by atoms with Crippen LogP contribution in [0.4, 0.5) is 5.69 Å². The molecule has 0 atom stereocenters. The molecule has 0 aromatic heterocycles. The molecule has 0 saturated heterocycles. The SMILES string of the molecule is CC(C)Nc1cccc(C(=O)OC(C)(C)C)c1. The summed E-state index contributed by atoms with van der Waals surface area (Å²) >= 11 is 0. The van der Waals surface area contributed by atoms with Gasteiger partial charge >= 0.3 is 5.97 Å². The van der Waals surface area contributed by atoms with E-state index in [0.29, 0.717) is 11.6 Å². The summed E-state index contributed by atoms with van der Waals surface area (Å²) in [6.07, 6.45) is 0. The summed E-state index contributed by atoms with van der Waals surface area (Å²) in [6, 6.07) is 7.70. The monoisotopic (exact) mass is 235 g/mol.